The number of carbonyl (C=O) groups is 2. The molecule has 1 rings (SSSR count). The highest BCUT2D eigenvalue weighted by Gasteiger charge is 2.13. The number of rotatable bonds is 6. The van der Waals surface area contributed by atoms with E-state index in [0.29, 0.717) is 17.7 Å². The van der Waals surface area contributed by atoms with Crippen LogP contribution in [0.25, 0.3) is 0 Å². The molecule has 0 radical (unpaired) electrons. The van der Waals surface area contributed by atoms with Gasteiger partial charge in [0.15, 0.2) is 0 Å². The van der Waals surface area contributed by atoms with Crippen LogP contribution >= 0.6 is 15.9 Å². The summed E-state index contributed by atoms with van der Waals surface area (Å²) in [5.74, 6) is -1.01. The van der Waals surface area contributed by atoms with E-state index in [0.717, 1.165) is 4.47 Å². The van der Waals surface area contributed by atoms with Gasteiger partial charge in [0.2, 0.25) is 0 Å². The molecule has 0 saturated carbocycles. The van der Waals surface area contributed by atoms with Crippen molar-refractivity contribution in [3.63, 3.8) is 0 Å². The number of nitriles is 1. The number of anilines is 1. The van der Waals surface area contributed by atoms with Gasteiger partial charge in [0.05, 0.1) is 11.3 Å². The number of amides is 2. The highest BCUT2D eigenvalue weighted by molar-refractivity contribution is 9.10. The van der Waals surface area contributed by atoms with Gasteiger partial charge in [-0.1, -0.05) is 29.3 Å². The van der Waals surface area contributed by atoms with E-state index in [1.807, 2.05) is 13.0 Å². The highest BCUT2D eigenvalue weighted by Crippen LogP contribution is 2.20. The number of halogens is 1. The fourth-order valence-electron chi connectivity index (χ4n) is 1.73. The quantitative estimate of drug-likeness (QED) is 0.731. The van der Waals surface area contributed by atoms with Crippen molar-refractivity contribution in [1.82, 2.24) is 5.32 Å². The summed E-state index contributed by atoms with van der Waals surface area (Å²) >= 11 is 3.27. The summed E-state index contributed by atoms with van der Waals surface area (Å²) in [5, 5.41) is 22.9. The third-order valence-electron chi connectivity index (χ3n) is 2.94. The monoisotopic (exact) mass is 353 g/mol. The number of nitrogens with one attached hydrogen (secondary N) is 2. The Kier molecular flexibility index (Phi) is 6.69. The lowest BCUT2D eigenvalue weighted by atomic mass is 10.0. The lowest BCUT2D eigenvalue weighted by Crippen LogP contribution is -2.33. The van der Waals surface area contributed by atoms with Gasteiger partial charge in [-0.2, -0.15) is 5.26 Å². The standard InChI is InChI=1S/C14H16BrN3O3/c1-2-9(5-13(19)20)8-17-14(21)18-12-6-11(15)4-3-10(12)7-16/h3-4,6,9H,2,5,8H2,1H3,(H,19,20)(H2,17,18,21). The number of benzene rings is 1. The number of carbonyl (C=O) groups excluding carboxylic acids is 1. The molecule has 1 atom stereocenters. The number of nitrogens with zero attached hydrogens (tertiary/aromatic N) is 1. The fourth-order valence-corrected chi connectivity index (χ4v) is 2.09. The molecule has 0 aliphatic rings. The summed E-state index contributed by atoms with van der Waals surface area (Å²) in [6.45, 7) is 2.14. The normalized spacial score (nSPS) is 11.3. The smallest absolute Gasteiger partial charge is 0.319 e. The first-order chi connectivity index (χ1) is 9.96. The maximum absolute atomic E-state index is 11.8. The summed E-state index contributed by atoms with van der Waals surface area (Å²) in [6.07, 6.45) is 0.671. The predicted molar refractivity (Wildman–Crippen MR) is 81.9 cm³/mol. The molecule has 2 amide bonds. The first kappa shape index (κ1) is 17.0. The summed E-state index contributed by atoms with van der Waals surface area (Å²) in [7, 11) is 0. The molecule has 0 fully saturated rings. The van der Waals surface area contributed by atoms with Gasteiger partial charge in [-0.15, -0.1) is 0 Å². The molecular weight excluding hydrogens is 338 g/mol. The lowest BCUT2D eigenvalue weighted by Gasteiger charge is -2.14. The summed E-state index contributed by atoms with van der Waals surface area (Å²) < 4.78 is 0.745. The van der Waals surface area contributed by atoms with E-state index in [1.165, 1.54) is 0 Å². The van der Waals surface area contributed by atoms with Crippen LogP contribution in [0.15, 0.2) is 22.7 Å². The molecule has 7 heteroatoms. The zero-order valence-corrected chi connectivity index (χ0v) is 13.1. The Balaban J connectivity index is 2.60. The molecule has 0 aromatic heterocycles. The van der Waals surface area contributed by atoms with Gasteiger partial charge < -0.3 is 15.7 Å². The minimum absolute atomic E-state index is 0.0110. The Morgan fingerprint density at radius 2 is 2.19 bits per heavy atom. The third kappa shape index (κ3) is 5.83. The van der Waals surface area contributed by atoms with E-state index in [9.17, 15) is 9.59 Å². The van der Waals surface area contributed by atoms with Crippen LogP contribution in [0, 0.1) is 17.2 Å². The second kappa shape index (κ2) is 8.27. The van der Waals surface area contributed by atoms with Crippen LogP contribution in [0.4, 0.5) is 10.5 Å². The molecule has 1 aromatic rings. The molecule has 3 N–H and O–H groups in total. The van der Waals surface area contributed by atoms with Crippen molar-refractivity contribution in [1.29, 1.82) is 5.26 Å². The van der Waals surface area contributed by atoms with E-state index in [2.05, 4.69) is 26.6 Å². The fraction of sp³-hybridized carbons (Fsp3) is 0.357. The first-order valence-corrected chi connectivity index (χ1v) is 7.21. The Morgan fingerprint density at radius 3 is 2.76 bits per heavy atom. The van der Waals surface area contributed by atoms with Gasteiger partial charge in [-0.3, -0.25) is 4.79 Å². The van der Waals surface area contributed by atoms with Crippen molar-refractivity contribution in [3.05, 3.63) is 28.2 Å². The average molecular weight is 354 g/mol. The molecule has 112 valence electrons. The number of hydrogen-bond acceptors (Lipinski definition) is 3. The largest absolute Gasteiger partial charge is 0.481 e. The van der Waals surface area contributed by atoms with Gasteiger partial charge in [-0.05, 0) is 24.1 Å². The molecule has 0 saturated heterocycles. The minimum atomic E-state index is -0.886. The van der Waals surface area contributed by atoms with E-state index in [1.54, 1.807) is 18.2 Å². The number of urea groups is 1. The zero-order chi connectivity index (χ0) is 15.8. The van der Waals surface area contributed by atoms with Crippen LogP contribution in [0.1, 0.15) is 25.3 Å². The van der Waals surface area contributed by atoms with Crippen molar-refractivity contribution < 1.29 is 14.7 Å². The summed E-state index contributed by atoms with van der Waals surface area (Å²) in [4.78, 5) is 22.5. The highest BCUT2D eigenvalue weighted by atomic mass is 79.9. The van der Waals surface area contributed by atoms with Gasteiger partial charge in [0.1, 0.15) is 6.07 Å². The SMILES string of the molecule is CCC(CNC(=O)Nc1cc(Br)ccc1C#N)CC(=O)O. The maximum Gasteiger partial charge on any atom is 0.319 e. The number of hydrogen-bond donors (Lipinski definition) is 3. The second-order valence-electron chi connectivity index (χ2n) is 4.51. The second-order valence-corrected chi connectivity index (χ2v) is 5.42. The zero-order valence-electron chi connectivity index (χ0n) is 11.5. The maximum atomic E-state index is 11.8. The van der Waals surface area contributed by atoms with Gasteiger partial charge >= 0.3 is 12.0 Å². The van der Waals surface area contributed by atoms with Crippen molar-refractivity contribution in [3.8, 4) is 6.07 Å². The van der Waals surface area contributed by atoms with E-state index < -0.39 is 12.0 Å². The van der Waals surface area contributed by atoms with Gasteiger partial charge in [0.25, 0.3) is 0 Å². The Labute approximate surface area is 131 Å². The molecule has 1 aromatic carbocycles. The van der Waals surface area contributed by atoms with Crippen LogP contribution in [-0.2, 0) is 4.79 Å². The average Bonchev–Trinajstić information content (AvgIpc) is 2.43. The number of carboxylic acids is 1. The van der Waals surface area contributed by atoms with Crippen LogP contribution in [0.3, 0.4) is 0 Å². The van der Waals surface area contributed by atoms with Crippen molar-refractivity contribution >= 4 is 33.6 Å². The molecule has 6 nitrogen and oxygen atoms in total. The predicted octanol–water partition coefficient (Wildman–Crippen LogP) is 2.94. The van der Waals surface area contributed by atoms with E-state index in [4.69, 9.17) is 10.4 Å². The number of carboxylic acid groups (broad SMARTS) is 1. The number of aliphatic carboxylic acids is 1. The van der Waals surface area contributed by atoms with Crippen molar-refractivity contribution in [2.45, 2.75) is 19.8 Å². The molecular formula is C14H16BrN3O3. The van der Waals surface area contributed by atoms with Gasteiger partial charge in [-0.25, -0.2) is 4.79 Å². The van der Waals surface area contributed by atoms with Gasteiger partial charge in [0, 0.05) is 17.4 Å². The van der Waals surface area contributed by atoms with E-state index >= 15 is 0 Å². The van der Waals surface area contributed by atoms with Crippen LogP contribution in [-0.4, -0.2) is 23.7 Å². The van der Waals surface area contributed by atoms with E-state index in [-0.39, 0.29) is 18.9 Å². The molecule has 0 bridgehead atoms. The molecule has 0 aliphatic carbocycles. The van der Waals surface area contributed by atoms with Crippen molar-refractivity contribution in [2.75, 3.05) is 11.9 Å². The van der Waals surface area contributed by atoms with Crippen LogP contribution in [0.2, 0.25) is 0 Å². The molecule has 0 aliphatic heterocycles. The molecule has 0 spiro atoms. The summed E-state index contributed by atoms with van der Waals surface area (Å²) in [5.41, 5.74) is 0.751. The topological polar surface area (TPSA) is 102 Å². The molecule has 1 unspecified atom stereocenters. The molecule has 0 heterocycles. The van der Waals surface area contributed by atoms with Crippen molar-refractivity contribution in [2.24, 2.45) is 5.92 Å². The first-order valence-electron chi connectivity index (χ1n) is 6.42. The van der Waals surface area contributed by atoms with Crippen LogP contribution < -0.4 is 10.6 Å². The lowest BCUT2D eigenvalue weighted by molar-refractivity contribution is -0.138. The Hall–Kier alpha value is -2.07. The van der Waals surface area contributed by atoms with Crippen LogP contribution in [0.5, 0.6) is 0 Å². The Morgan fingerprint density at radius 1 is 1.48 bits per heavy atom. The minimum Gasteiger partial charge on any atom is -0.481 e. The summed E-state index contributed by atoms with van der Waals surface area (Å²) in [6, 6.07) is 6.46. The Bertz CT molecular complexity index is 569. The third-order valence-corrected chi connectivity index (χ3v) is 3.44. The molecule has 21 heavy (non-hydrogen) atoms.